The average molecular weight is 278 g/mol. The monoisotopic (exact) mass is 278 g/mol. The maximum absolute atomic E-state index is 5.66. The minimum absolute atomic E-state index is 0.558. The van der Waals surface area contributed by atoms with E-state index in [1.54, 1.807) is 0 Å². The van der Waals surface area contributed by atoms with Crippen LogP contribution in [0.15, 0.2) is 12.3 Å². The van der Waals surface area contributed by atoms with Crippen LogP contribution < -0.4 is 10.6 Å². The Balaban J connectivity index is 2.62. The minimum atomic E-state index is 0.558. The second-order valence-electron chi connectivity index (χ2n) is 5.15. The predicted octanol–water partition coefficient (Wildman–Crippen LogP) is 2.41. The van der Waals surface area contributed by atoms with Gasteiger partial charge in [0.25, 0.3) is 0 Å². The largest absolute Gasteiger partial charge is 0.357 e. The molecule has 0 spiro atoms. The van der Waals surface area contributed by atoms with Gasteiger partial charge in [0.1, 0.15) is 5.82 Å². The second kappa shape index (κ2) is 8.93. The molecule has 0 radical (unpaired) electrons. The summed E-state index contributed by atoms with van der Waals surface area (Å²) >= 11 is 0. The molecule has 4 heteroatoms. The van der Waals surface area contributed by atoms with Crippen molar-refractivity contribution < 1.29 is 0 Å². The first kappa shape index (κ1) is 16.9. The lowest BCUT2D eigenvalue weighted by atomic mass is 10.2. The molecule has 1 heterocycles. The summed E-state index contributed by atoms with van der Waals surface area (Å²) in [6.45, 7) is 14.8. The van der Waals surface area contributed by atoms with Gasteiger partial charge >= 0.3 is 0 Å². The van der Waals surface area contributed by atoms with E-state index in [2.05, 4.69) is 48.5 Å². The number of anilines is 1. The summed E-state index contributed by atoms with van der Waals surface area (Å²) in [4.78, 5) is 9.41. The molecule has 0 fully saturated rings. The number of aromatic nitrogens is 1. The smallest absolute Gasteiger partial charge is 0.131 e. The Morgan fingerprint density at radius 1 is 1.10 bits per heavy atom. The Labute approximate surface area is 124 Å². The molecule has 0 atom stereocenters. The van der Waals surface area contributed by atoms with Crippen LogP contribution in [0, 0.1) is 6.92 Å². The number of pyridine rings is 1. The molecule has 1 rings (SSSR count). The molecule has 1 aromatic rings. The van der Waals surface area contributed by atoms with E-state index in [1.165, 1.54) is 12.0 Å². The van der Waals surface area contributed by atoms with Gasteiger partial charge in [-0.15, -0.1) is 0 Å². The molecule has 0 saturated heterocycles. The highest BCUT2D eigenvalue weighted by Crippen LogP contribution is 2.18. The number of hydrogen-bond donors (Lipinski definition) is 1. The highest BCUT2D eigenvalue weighted by atomic mass is 15.2. The van der Waals surface area contributed by atoms with Gasteiger partial charge in [-0.3, -0.25) is 0 Å². The molecule has 0 bridgehead atoms. The van der Waals surface area contributed by atoms with Crippen LogP contribution in [0.25, 0.3) is 0 Å². The van der Waals surface area contributed by atoms with Gasteiger partial charge in [0.2, 0.25) is 0 Å². The molecular formula is C16H30N4. The van der Waals surface area contributed by atoms with Gasteiger partial charge in [0.15, 0.2) is 0 Å². The van der Waals surface area contributed by atoms with Crippen LogP contribution in [0.3, 0.4) is 0 Å². The van der Waals surface area contributed by atoms with Crippen LogP contribution >= 0.6 is 0 Å². The average Bonchev–Trinajstić information content (AvgIpc) is 2.48. The van der Waals surface area contributed by atoms with Gasteiger partial charge in [-0.1, -0.05) is 13.8 Å². The molecule has 4 nitrogen and oxygen atoms in total. The molecule has 0 saturated carbocycles. The number of rotatable bonds is 9. The Morgan fingerprint density at radius 2 is 1.80 bits per heavy atom. The molecule has 0 unspecified atom stereocenters. The van der Waals surface area contributed by atoms with Crippen LogP contribution in [0.5, 0.6) is 0 Å². The topological polar surface area (TPSA) is 45.4 Å². The predicted molar refractivity (Wildman–Crippen MR) is 87.2 cm³/mol. The van der Waals surface area contributed by atoms with E-state index in [9.17, 15) is 0 Å². The lowest BCUT2D eigenvalue weighted by Gasteiger charge is -2.25. The van der Waals surface area contributed by atoms with Crippen molar-refractivity contribution in [2.75, 3.05) is 37.6 Å². The lowest BCUT2D eigenvalue weighted by molar-refractivity contribution is 0.300. The van der Waals surface area contributed by atoms with Gasteiger partial charge in [-0.2, -0.15) is 0 Å². The van der Waals surface area contributed by atoms with E-state index in [4.69, 9.17) is 5.73 Å². The van der Waals surface area contributed by atoms with Gasteiger partial charge in [-0.25, -0.2) is 4.98 Å². The van der Waals surface area contributed by atoms with Crippen molar-refractivity contribution >= 4 is 5.82 Å². The molecule has 0 aliphatic heterocycles. The Kier molecular flexibility index (Phi) is 7.55. The van der Waals surface area contributed by atoms with Crippen molar-refractivity contribution in [2.45, 2.75) is 40.7 Å². The number of hydrogen-bond acceptors (Lipinski definition) is 4. The van der Waals surface area contributed by atoms with Crippen molar-refractivity contribution in [1.29, 1.82) is 0 Å². The summed E-state index contributed by atoms with van der Waals surface area (Å²) in [7, 11) is 0. The second-order valence-corrected chi connectivity index (χ2v) is 5.15. The van der Waals surface area contributed by atoms with E-state index in [0.29, 0.717) is 6.54 Å². The van der Waals surface area contributed by atoms with Crippen LogP contribution in [-0.4, -0.2) is 42.6 Å². The number of nitrogens with two attached hydrogens (primary N) is 1. The Hall–Kier alpha value is -1.13. The maximum atomic E-state index is 5.66. The van der Waals surface area contributed by atoms with Crippen molar-refractivity contribution in [2.24, 2.45) is 5.73 Å². The highest BCUT2D eigenvalue weighted by molar-refractivity contribution is 5.47. The lowest BCUT2D eigenvalue weighted by Crippen LogP contribution is -2.30. The molecule has 0 aromatic carbocycles. The van der Waals surface area contributed by atoms with Crippen LogP contribution in [0.2, 0.25) is 0 Å². The van der Waals surface area contributed by atoms with E-state index < -0.39 is 0 Å². The van der Waals surface area contributed by atoms with Crippen LogP contribution in [-0.2, 0) is 6.54 Å². The molecule has 1 aromatic heterocycles. The van der Waals surface area contributed by atoms with E-state index in [-0.39, 0.29) is 0 Å². The van der Waals surface area contributed by atoms with Gasteiger partial charge in [0.05, 0.1) is 0 Å². The van der Waals surface area contributed by atoms with Crippen molar-refractivity contribution in [3.63, 3.8) is 0 Å². The van der Waals surface area contributed by atoms with E-state index in [0.717, 1.165) is 44.1 Å². The molecule has 114 valence electrons. The summed E-state index contributed by atoms with van der Waals surface area (Å²) in [5.41, 5.74) is 7.98. The molecule has 0 aliphatic rings. The third-order valence-corrected chi connectivity index (χ3v) is 3.82. The standard InChI is InChI=1S/C16H30N4/c1-5-19(6-2)9-8-10-20(7-3)16-14(4)11-15(12-17)13-18-16/h11,13H,5-10,12,17H2,1-4H3. The fourth-order valence-corrected chi connectivity index (χ4v) is 2.51. The minimum Gasteiger partial charge on any atom is -0.357 e. The highest BCUT2D eigenvalue weighted by Gasteiger charge is 2.10. The fourth-order valence-electron chi connectivity index (χ4n) is 2.51. The fraction of sp³-hybridized carbons (Fsp3) is 0.688. The van der Waals surface area contributed by atoms with E-state index in [1.807, 2.05) is 6.20 Å². The quantitative estimate of drug-likeness (QED) is 0.753. The van der Waals surface area contributed by atoms with Crippen molar-refractivity contribution in [3.8, 4) is 0 Å². The molecular weight excluding hydrogens is 248 g/mol. The third kappa shape index (κ3) is 4.76. The molecule has 20 heavy (non-hydrogen) atoms. The zero-order valence-electron chi connectivity index (χ0n) is 13.5. The van der Waals surface area contributed by atoms with Gasteiger partial charge in [0, 0.05) is 25.8 Å². The SMILES string of the molecule is CCN(CC)CCCN(CC)c1ncc(CN)cc1C. The van der Waals surface area contributed by atoms with Crippen LogP contribution in [0.1, 0.15) is 38.3 Å². The Morgan fingerprint density at radius 3 is 2.30 bits per heavy atom. The zero-order chi connectivity index (χ0) is 15.0. The van der Waals surface area contributed by atoms with Gasteiger partial charge < -0.3 is 15.5 Å². The summed E-state index contributed by atoms with van der Waals surface area (Å²) in [6, 6.07) is 2.15. The summed E-state index contributed by atoms with van der Waals surface area (Å²) in [6.07, 6.45) is 3.07. The first-order chi connectivity index (χ1) is 9.65. The maximum Gasteiger partial charge on any atom is 0.131 e. The molecule has 0 amide bonds. The molecule has 0 aliphatic carbocycles. The number of nitrogens with zero attached hydrogens (tertiary/aromatic N) is 3. The Bertz CT molecular complexity index is 388. The van der Waals surface area contributed by atoms with Crippen molar-refractivity contribution in [3.05, 3.63) is 23.4 Å². The zero-order valence-corrected chi connectivity index (χ0v) is 13.5. The summed E-state index contributed by atoms with van der Waals surface area (Å²) in [5, 5.41) is 0. The third-order valence-electron chi connectivity index (χ3n) is 3.82. The first-order valence-electron chi connectivity index (χ1n) is 7.79. The summed E-state index contributed by atoms with van der Waals surface area (Å²) < 4.78 is 0. The molecule has 2 N–H and O–H groups in total. The first-order valence-corrected chi connectivity index (χ1v) is 7.79. The van der Waals surface area contributed by atoms with Crippen LogP contribution in [0.4, 0.5) is 5.82 Å². The van der Waals surface area contributed by atoms with Gasteiger partial charge in [-0.05, 0) is 57.1 Å². The number of aryl methyl sites for hydroxylation is 1. The summed E-state index contributed by atoms with van der Waals surface area (Å²) in [5.74, 6) is 1.10. The van der Waals surface area contributed by atoms with E-state index >= 15 is 0 Å². The normalized spacial score (nSPS) is 11.1. The van der Waals surface area contributed by atoms with Crippen molar-refractivity contribution in [1.82, 2.24) is 9.88 Å².